The van der Waals surface area contributed by atoms with Crippen LogP contribution in [0.2, 0.25) is 0 Å². The lowest BCUT2D eigenvalue weighted by Crippen LogP contribution is -2.26. The Morgan fingerprint density at radius 2 is 1.79 bits per heavy atom. The average Bonchev–Trinajstić information content (AvgIpc) is 3.67. The van der Waals surface area contributed by atoms with Gasteiger partial charge < -0.3 is 19.8 Å². The van der Waals surface area contributed by atoms with Crippen LogP contribution in [0.3, 0.4) is 0 Å². The number of halogens is 3. The number of aromatic amines is 2. The van der Waals surface area contributed by atoms with Crippen molar-refractivity contribution in [3.8, 4) is 35.2 Å². The number of H-pyrrole nitrogens is 2. The minimum Gasteiger partial charge on any atom is -0.454 e. The number of nitrogens with one attached hydrogen (secondary N) is 2. The average molecular weight is 695 g/mol. The van der Waals surface area contributed by atoms with Crippen LogP contribution in [0.5, 0.6) is 11.5 Å². The van der Waals surface area contributed by atoms with Crippen LogP contribution in [-0.2, 0) is 12.0 Å². The SMILES string of the molecule is C#CC(C)(C)CCCCC(C)(c1cccc(I)c1)c1nnc(-c2cc(Oc3c(F)cc4[nH]ccc4c3CO)ccc2F)[nH]1. The van der Waals surface area contributed by atoms with Crippen molar-refractivity contribution in [3.05, 3.63) is 93.0 Å². The van der Waals surface area contributed by atoms with Gasteiger partial charge in [-0.05, 0) is 98.2 Å². The molecule has 0 spiro atoms. The van der Waals surface area contributed by atoms with Gasteiger partial charge in [0.2, 0.25) is 0 Å². The first kappa shape index (κ1) is 30.7. The topological polar surface area (TPSA) is 86.8 Å². The second-order valence-corrected chi connectivity index (χ2v) is 12.9. The fourth-order valence-electron chi connectivity index (χ4n) is 5.34. The first-order chi connectivity index (χ1) is 20.5. The first-order valence-corrected chi connectivity index (χ1v) is 15.2. The number of rotatable bonds is 11. The Kier molecular flexibility index (Phi) is 8.90. The second-order valence-electron chi connectivity index (χ2n) is 11.6. The maximum atomic E-state index is 15.2. The maximum Gasteiger partial charge on any atom is 0.169 e. The summed E-state index contributed by atoms with van der Waals surface area (Å²) in [5.74, 6) is 2.59. The van der Waals surface area contributed by atoms with E-state index < -0.39 is 23.7 Å². The highest BCUT2D eigenvalue weighted by Crippen LogP contribution is 2.39. The lowest BCUT2D eigenvalue weighted by atomic mass is 9.76. The van der Waals surface area contributed by atoms with Crippen LogP contribution in [0.1, 0.15) is 63.4 Å². The summed E-state index contributed by atoms with van der Waals surface area (Å²) in [5, 5.41) is 19.4. The Morgan fingerprint density at radius 1 is 1.00 bits per heavy atom. The van der Waals surface area contributed by atoms with E-state index in [0.717, 1.165) is 34.8 Å². The molecule has 0 aliphatic rings. The summed E-state index contributed by atoms with van der Waals surface area (Å²) in [4.78, 5) is 6.21. The summed E-state index contributed by atoms with van der Waals surface area (Å²) >= 11 is 2.29. The summed E-state index contributed by atoms with van der Waals surface area (Å²) in [5.41, 5.74) is 1.34. The van der Waals surface area contributed by atoms with Crippen LogP contribution < -0.4 is 4.74 Å². The van der Waals surface area contributed by atoms with E-state index in [1.807, 2.05) is 12.1 Å². The minimum atomic E-state index is -0.647. The van der Waals surface area contributed by atoms with Gasteiger partial charge in [0, 0.05) is 37.7 Å². The van der Waals surface area contributed by atoms with Gasteiger partial charge in [-0.15, -0.1) is 22.5 Å². The normalized spacial score (nSPS) is 13.2. The van der Waals surface area contributed by atoms with E-state index in [0.29, 0.717) is 22.3 Å². The molecule has 0 saturated heterocycles. The predicted molar refractivity (Wildman–Crippen MR) is 173 cm³/mol. The lowest BCUT2D eigenvalue weighted by Gasteiger charge is -2.28. The molecule has 9 heteroatoms. The van der Waals surface area contributed by atoms with Gasteiger partial charge in [-0.3, -0.25) is 0 Å². The molecular formula is C34H33F2IN4O2. The summed E-state index contributed by atoms with van der Waals surface area (Å²) in [6.07, 6.45) is 10.9. The molecule has 0 fully saturated rings. The third-order valence-electron chi connectivity index (χ3n) is 8.03. The number of unbranched alkanes of at least 4 members (excludes halogenated alkanes) is 1. The highest BCUT2D eigenvalue weighted by Gasteiger charge is 2.33. The molecular weight excluding hydrogens is 661 g/mol. The highest BCUT2D eigenvalue weighted by atomic mass is 127. The van der Waals surface area contributed by atoms with Crippen molar-refractivity contribution in [1.82, 2.24) is 20.2 Å². The van der Waals surface area contributed by atoms with Crippen LogP contribution in [0.4, 0.5) is 8.78 Å². The molecule has 222 valence electrons. The zero-order valence-corrected chi connectivity index (χ0v) is 26.4. The molecule has 43 heavy (non-hydrogen) atoms. The molecule has 5 rings (SSSR count). The molecule has 2 heterocycles. The van der Waals surface area contributed by atoms with Gasteiger partial charge in [-0.25, -0.2) is 8.78 Å². The number of terminal acetylenes is 1. The van der Waals surface area contributed by atoms with Crippen molar-refractivity contribution in [2.45, 2.75) is 58.5 Å². The molecule has 0 bridgehead atoms. The first-order valence-electron chi connectivity index (χ1n) is 14.1. The number of benzene rings is 3. The number of aromatic nitrogens is 4. The van der Waals surface area contributed by atoms with Gasteiger partial charge in [0.15, 0.2) is 17.4 Å². The van der Waals surface area contributed by atoms with Gasteiger partial charge in [-0.2, -0.15) is 0 Å². The summed E-state index contributed by atoms with van der Waals surface area (Å²) in [6, 6.07) is 15.4. The van der Waals surface area contributed by atoms with Crippen molar-refractivity contribution >= 4 is 33.5 Å². The van der Waals surface area contributed by atoms with Crippen LogP contribution >= 0.6 is 22.6 Å². The fraction of sp³-hybridized carbons (Fsp3) is 0.294. The Balaban J connectivity index is 1.46. The Labute approximate surface area is 263 Å². The Hall–Kier alpha value is -3.75. The van der Waals surface area contributed by atoms with Gasteiger partial charge in [-0.1, -0.05) is 25.0 Å². The van der Waals surface area contributed by atoms with Crippen LogP contribution in [0.25, 0.3) is 22.3 Å². The molecule has 0 aliphatic heterocycles. The van der Waals surface area contributed by atoms with Crippen molar-refractivity contribution in [1.29, 1.82) is 0 Å². The van der Waals surface area contributed by atoms with Crippen LogP contribution in [-0.4, -0.2) is 25.3 Å². The third kappa shape index (κ3) is 6.45. The molecule has 1 unspecified atom stereocenters. The summed E-state index contributed by atoms with van der Waals surface area (Å²) < 4.78 is 37.2. The van der Waals surface area contributed by atoms with E-state index >= 15 is 8.78 Å². The number of aliphatic hydroxyl groups excluding tert-OH is 1. The quantitative estimate of drug-likeness (QED) is 0.0734. The van der Waals surface area contributed by atoms with E-state index in [2.05, 4.69) is 81.6 Å². The monoisotopic (exact) mass is 694 g/mol. The molecule has 6 nitrogen and oxygen atoms in total. The minimum absolute atomic E-state index is 0.121. The zero-order valence-electron chi connectivity index (χ0n) is 24.3. The molecule has 2 aromatic heterocycles. The molecule has 0 aliphatic carbocycles. The third-order valence-corrected chi connectivity index (χ3v) is 8.70. The van der Waals surface area contributed by atoms with Gasteiger partial charge >= 0.3 is 0 Å². The largest absolute Gasteiger partial charge is 0.454 e. The number of ether oxygens (including phenoxy) is 1. The van der Waals surface area contributed by atoms with Crippen molar-refractivity contribution < 1.29 is 18.6 Å². The Morgan fingerprint density at radius 3 is 2.53 bits per heavy atom. The Bertz CT molecular complexity index is 1810. The summed E-state index contributed by atoms with van der Waals surface area (Å²) in [6.45, 7) is 5.82. The molecule has 0 saturated carbocycles. The number of hydrogen-bond donors (Lipinski definition) is 3. The number of hydrogen-bond acceptors (Lipinski definition) is 4. The molecule has 3 aromatic carbocycles. The van der Waals surface area contributed by atoms with Crippen molar-refractivity contribution in [2.75, 3.05) is 0 Å². The van der Waals surface area contributed by atoms with E-state index in [-0.39, 0.29) is 28.3 Å². The van der Waals surface area contributed by atoms with E-state index in [1.54, 1.807) is 12.3 Å². The predicted octanol–water partition coefficient (Wildman–Crippen LogP) is 8.65. The molecule has 0 radical (unpaired) electrons. The van der Waals surface area contributed by atoms with Crippen molar-refractivity contribution in [2.24, 2.45) is 5.41 Å². The van der Waals surface area contributed by atoms with Gasteiger partial charge in [0.1, 0.15) is 17.4 Å². The number of aliphatic hydroxyl groups is 1. The maximum absolute atomic E-state index is 15.2. The standard InChI is InChI=1S/C34H33F2IN4O2/c1-5-33(2,3)14-6-7-15-34(4,21-9-8-10-22(37)17-21)32-39-31(40-41-32)25-18-23(11-12-27(25)35)43-30-26(20-42)24-13-16-38-29(24)19-28(30)36/h1,8-13,16-19,38,42H,6-7,14-15,20H2,2-4H3,(H,39,40,41). The number of nitrogens with zero attached hydrogens (tertiary/aromatic N) is 2. The van der Waals surface area contributed by atoms with Gasteiger partial charge in [0.05, 0.1) is 17.6 Å². The highest BCUT2D eigenvalue weighted by molar-refractivity contribution is 14.1. The van der Waals surface area contributed by atoms with Crippen LogP contribution in [0, 0.1) is 33.0 Å². The fourth-order valence-corrected chi connectivity index (χ4v) is 5.88. The molecule has 3 N–H and O–H groups in total. The van der Waals surface area contributed by atoms with E-state index in [9.17, 15) is 5.11 Å². The second kappa shape index (κ2) is 12.5. The zero-order chi connectivity index (χ0) is 30.8. The van der Waals surface area contributed by atoms with Crippen LogP contribution in [0.15, 0.2) is 60.8 Å². The van der Waals surface area contributed by atoms with Gasteiger partial charge in [0.25, 0.3) is 0 Å². The smallest absolute Gasteiger partial charge is 0.169 e. The molecule has 0 amide bonds. The molecule has 5 aromatic rings. The molecule has 1 atom stereocenters. The van der Waals surface area contributed by atoms with Crippen molar-refractivity contribution in [3.63, 3.8) is 0 Å². The lowest BCUT2D eigenvalue weighted by molar-refractivity contribution is 0.276. The van der Waals surface area contributed by atoms with E-state index in [1.165, 1.54) is 24.3 Å². The number of fused-ring (bicyclic) bond motifs is 1. The van der Waals surface area contributed by atoms with E-state index in [4.69, 9.17) is 11.2 Å². The summed E-state index contributed by atoms with van der Waals surface area (Å²) in [7, 11) is 0.